The molecule has 0 radical (unpaired) electrons. The molecule has 2 rings (SSSR count). The zero-order valence-electron chi connectivity index (χ0n) is 12.6. The Morgan fingerprint density at radius 3 is 2.95 bits per heavy atom. The summed E-state index contributed by atoms with van der Waals surface area (Å²) in [5.41, 5.74) is 1.62. The lowest BCUT2D eigenvalue weighted by molar-refractivity contribution is 0.0912. The minimum absolute atomic E-state index is 0.00102. The van der Waals surface area contributed by atoms with E-state index in [1.165, 1.54) is 0 Å². The Hall–Kier alpha value is -1.62. The molecular weight excluding hydrogens is 252 g/mol. The van der Waals surface area contributed by atoms with E-state index in [0.29, 0.717) is 5.56 Å². The number of aryl methyl sites for hydroxylation is 1. The van der Waals surface area contributed by atoms with Crippen LogP contribution >= 0.6 is 0 Å². The van der Waals surface area contributed by atoms with Crippen LogP contribution in [-0.2, 0) is 6.42 Å². The highest BCUT2D eigenvalue weighted by Crippen LogP contribution is 2.13. The van der Waals surface area contributed by atoms with E-state index in [9.17, 15) is 4.79 Å². The first-order chi connectivity index (χ1) is 9.62. The lowest BCUT2D eigenvalue weighted by Gasteiger charge is -2.30. The molecule has 0 saturated carbocycles. The monoisotopic (exact) mass is 276 g/mol. The fraction of sp³-hybridized carbons (Fsp3) is 0.600. The highest BCUT2D eigenvalue weighted by molar-refractivity contribution is 5.95. The summed E-state index contributed by atoms with van der Waals surface area (Å²) in [6, 6.07) is 3.93. The van der Waals surface area contributed by atoms with Crippen molar-refractivity contribution in [1.29, 1.82) is 0 Å². The summed E-state index contributed by atoms with van der Waals surface area (Å²) in [6.07, 6.45) is 3.02. The Kier molecular flexibility index (Phi) is 4.95. The number of likely N-dealkylation sites (tertiary alicyclic amines) is 1. The molecule has 0 spiro atoms. The van der Waals surface area contributed by atoms with Crippen LogP contribution < -0.4 is 10.6 Å². The zero-order chi connectivity index (χ0) is 14.5. The Morgan fingerprint density at radius 1 is 1.50 bits per heavy atom. The number of rotatable bonds is 4. The number of nitrogens with one attached hydrogen (secondary N) is 2. The number of likely N-dealkylation sites (N-methyl/N-ethyl adjacent to an activating group) is 1. The molecule has 1 aromatic rings. The van der Waals surface area contributed by atoms with E-state index in [4.69, 9.17) is 0 Å². The molecule has 2 N–H and O–H groups in total. The lowest BCUT2D eigenvalue weighted by atomic mass is 10.1. The van der Waals surface area contributed by atoms with Crippen molar-refractivity contribution < 1.29 is 4.79 Å². The molecule has 5 heteroatoms. The van der Waals surface area contributed by atoms with E-state index in [1.807, 2.05) is 20.0 Å². The third-order valence-corrected chi connectivity index (χ3v) is 3.72. The normalized spacial score (nSPS) is 19.6. The Bertz CT molecular complexity index is 453. The number of carbonyl (C=O) groups excluding carboxylic acids is 1. The number of carbonyl (C=O) groups is 1. The van der Waals surface area contributed by atoms with Crippen molar-refractivity contribution in [2.75, 3.05) is 32.5 Å². The van der Waals surface area contributed by atoms with Gasteiger partial charge in [0.2, 0.25) is 0 Å². The average Bonchev–Trinajstić information content (AvgIpc) is 2.46. The highest BCUT2D eigenvalue weighted by Gasteiger charge is 2.20. The molecule has 1 aliphatic heterocycles. The van der Waals surface area contributed by atoms with Gasteiger partial charge in [-0.1, -0.05) is 6.92 Å². The van der Waals surface area contributed by atoms with Crippen LogP contribution in [0, 0.1) is 0 Å². The van der Waals surface area contributed by atoms with Gasteiger partial charge < -0.3 is 15.5 Å². The summed E-state index contributed by atoms with van der Waals surface area (Å²) in [5.74, 6) is 0.745. The van der Waals surface area contributed by atoms with E-state index in [2.05, 4.69) is 27.6 Å². The van der Waals surface area contributed by atoms with Crippen LogP contribution in [0.5, 0.6) is 0 Å². The third-order valence-electron chi connectivity index (χ3n) is 3.72. The first-order valence-electron chi connectivity index (χ1n) is 7.30. The molecule has 110 valence electrons. The van der Waals surface area contributed by atoms with Gasteiger partial charge in [-0.2, -0.15) is 0 Å². The molecule has 0 bridgehead atoms. The van der Waals surface area contributed by atoms with Crippen LogP contribution in [0.2, 0.25) is 0 Å². The van der Waals surface area contributed by atoms with Gasteiger partial charge in [0, 0.05) is 30.9 Å². The summed E-state index contributed by atoms with van der Waals surface area (Å²) in [4.78, 5) is 19.0. The van der Waals surface area contributed by atoms with Crippen molar-refractivity contribution in [2.24, 2.45) is 0 Å². The van der Waals surface area contributed by atoms with Gasteiger partial charge in [-0.3, -0.25) is 4.79 Å². The molecule has 0 aliphatic carbocycles. The van der Waals surface area contributed by atoms with Gasteiger partial charge >= 0.3 is 0 Å². The third kappa shape index (κ3) is 3.70. The van der Waals surface area contributed by atoms with Gasteiger partial charge in [-0.25, -0.2) is 4.98 Å². The predicted octanol–water partition coefficient (Wildman–Crippen LogP) is 1.51. The van der Waals surface area contributed by atoms with Gasteiger partial charge in [0.15, 0.2) is 0 Å². The van der Waals surface area contributed by atoms with Crippen LogP contribution in [0.1, 0.15) is 35.8 Å². The zero-order valence-corrected chi connectivity index (χ0v) is 12.6. The maximum absolute atomic E-state index is 12.4. The second kappa shape index (κ2) is 6.70. The topological polar surface area (TPSA) is 57.3 Å². The van der Waals surface area contributed by atoms with Crippen molar-refractivity contribution in [3.63, 3.8) is 0 Å². The number of pyridine rings is 1. The minimum atomic E-state index is -0.00102. The highest BCUT2D eigenvalue weighted by atomic mass is 16.1. The molecular formula is C15H24N4O. The largest absolute Gasteiger partial charge is 0.373 e. The fourth-order valence-corrected chi connectivity index (χ4v) is 2.58. The quantitative estimate of drug-likeness (QED) is 0.875. The van der Waals surface area contributed by atoms with E-state index >= 15 is 0 Å². The SMILES string of the molecule is CCc1cc(C(=O)NC2CCCN(C)C2)cc(NC)n1. The summed E-state index contributed by atoms with van der Waals surface area (Å²) >= 11 is 0. The number of hydrogen-bond acceptors (Lipinski definition) is 4. The maximum Gasteiger partial charge on any atom is 0.251 e. The van der Waals surface area contributed by atoms with E-state index < -0.39 is 0 Å². The number of nitrogens with zero attached hydrogens (tertiary/aromatic N) is 2. The fourth-order valence-electron chi connectivity index (χ4n) is 2.58. The van der Waals surface area contributed by atoms with Crippen molar-refractivity contribution in [1.82, 2.24) is 15.2 Å². The molecule has 20 heavy (non-hydrogen) atoms. The van der Waals surface area contributed by atoms with Gasteiger partial charge in [0.25, 0.3) is 5.91 Å². The smallest absolute Gasteiger partial charge is 0.251 e. The maximum atomic E-state index is 12.4. The first kappa shape index (κ1) is 14.8. The summed E-state index contributed by atoms with van der Waals surface area (Å²) < 4.78 is 0. The van der Waals surface area contributed by atoms with Crippen molar-refractivity contribution in [3.05, 3.63) is 23.4 Å². The Balaban J connectivity index is 2.08. The Morgan fingerprint density at radius 2 is 2.30 bits per heavy atom. The van der Waals surface area contributed by atoms with Crippen molar-refractivity contribution in [3.8, 4) is 0 Å². The molecule has 1 amide bonds. The van der Waals surface area contributed by atoms with Crippen LogP contribution in [0.15, 0.2) is 12.1 Å². The number of amides is 1. The molecule has 1 aliphatic rings. The van der Waals surface area contributed by atoms with Gasteiger partial charge in [0.05, 0.1) is 0 Å². The second-order valence-electron chi connectivity index (χ2n) is 5.41. The number of hydrogen-bond donors (Lipinski definition) is 2. The van der Waals surface area contributed by atoms with Crippen LogP contribution in [0.3, 0.4) is 0 Å². The van der Waals surface area contributed by atoms with Gasteiger partial charge in [0.1, 0.15) is 5.82 Å². The van der Waals surface area contributed by atoms with Crippen molar-refractivity contribution in [2.45, 2.75) is 32.2 Å². The molecule has 0 aromatic carbocycles. The van der Waals surface area contributed by atoms with E-state index in [-0.39, 0.29) is 11.9 Å². The number of piperidine rings is 1. The lowest BCUT2D eigenvalue weighted by Crippen LogP contribution is -2.46. The number of aromatic nitrogens is 1. The summed E-state index contributed by atoms with van der Waals surface area (Å²) in [7, 11) is 3.92. The molecule has 1 aromatic heterocycles. The van der Waals surface area contributed by atoms with Crippen LogP contribution in [-0.4, -0.2) is 49.0 Å². The second-order valence-corrected chi connectivity index (χ2v) is 5.41. The molecule has 5 nitrogen and oxygen atoms in total. The van der Waals surface area contributed by atoms with Crippen LogP contribution in [0.4, 0.5) is 5.82 Å². The minimum Gasteiger partial charge on any atom is -0.373 e. The predicted molar refractivity (Wildman–Crippen MR) is 81.1 cm³/mol. The summed E-state index contributed by atoms with van der Waals surface area (Å²) in [5, 5.41) is 6.14. The van der Waals surface area contributed by atoms with E-state index in [0.717, 1.165) is 43.9 Å². The van der Waals surface area contributed by atoms with E-state index in [1.54, 1.807) is 6.07 Å². The standard InChI is InChI=1S/C15H24N4O/c1-4-12-8-11(9-14(16-2)17-12)15(20)18-13-6-5-7-19(3)10-13/h8-9,13H,4-7,10H2,1-3H3,(H,16,17)(H,18,20). The first-order valence-corrected chi connectivity index (χ1v) is 7.30. The molecule has 1 fully saturated rings. The van der Waals surface area contributed by atoms with Crippen molar-refractivity contribution >= 4 is 11.7 Å². The average molecular weight is 276 g/mol. The molecule has 1 saturated heterocycles. The molecule has 1 unspecified atom stereocenters. The van der Waals surface area contributed by atoms with Gasteiger partial charge in [-0.15, -0.1) is 0 Å². The van der Waals surface area contributed by atoms with Gasteiger partial charge in [-0.05, 0) is 45.0 Å². The summed E-state index contributed by atoms with van der Waals surface area (Å²) in [6.45, 7) is 4.08. The Labute approximate surface area is 120 Å². The van der Waals surface area contributed by atoms with Crippen LogP contribution in [0.25, 0.3) is 0 Å². The number of anilines is 1. The molecule has 2 heterocycles. The molecule has 1 atom stereocenters.